The van der Waals surface area contributed by atoms with Crippen LogP contribution in [0.4, 0.5) is 0 Å². The first-order valence-corrected chi connectivity index (χ1v) is 5.70. The van der Waals surface area contributed by atoms with E-state index in [0.717, 1.165) is 24.0 Å². The van der Waals surface area contributed by atoms with Crippen LogP contribution in [0.1, 0.15) is 49.8 Å². The van der Waals surface area contributed by atoms with Gasteiger partial charge in [-0.2, -0.15) is 0 Å². The van der Waals surface area contributed by atoms with Crippen LogP contribution >= 0.6 is 0 Å². The maximum Gasteiger partial charge on any atom is 0.120 e. The Morgan fingerprint density at radius 3 is 2.67 bits per heavy atom. The van der Waals surface area contributed by atoms with E-state index in [1.165, 1.54) is 12.8 Å². The minimum absolute atomic E-state index is 0.0304. The second kappa shape index (κ2) is 5.76. The third kappa shape index (κ3) is 3.56. The Hall–Kier alpha value is -1.02. The standard InChI is InChI=1S/C13H21NO/c1-3-4-5-6-12(14)11-8-7-10(2)9-13(11)15/h7-9,12,15H,3-6,14H2,1-2H3/t12-/m0/s1. The largest absolute Gasteiger partial charge is 0.508 e. The van der Waals surface area contributed by atoms with Gasteiger partial charge in [0.05, 0.1) is 0 Å². The highest BCUT2D eigenvalue weighted by Gasteiger charge is 2.09. The van der Waals surface area contributed by atoms with Crippen LogP contribution in [0.2, 0.25) is 0 Å². The molecule has 3 N–H and O–H groups in total. The van der Waals surface area contributed by atoms with E-state index < -0.39 is 0 Å². The lowest BCUT2D eigenvalue weighted by molar-refractivity contribution is 0.455. The molecule has 15 heavy (non-hydrogen) atoms. The number of nitrogens with two attached hydrogens (primary N) is 1. The summed E-state index contributed by atoms with van der Waals surface area (Å²) in [6.45, 7) is 4.14. The molecule has 2 heteroatoms. The zero-order valence-electron chi connectivity index (χ0n) is 9.66. The van der Waals surface area contributed by atoms with Crippen LogP contribution in [0.3, 0.4) is 0 Å². The second-order valence-corrected chi connectivity index (χ2v) is 4.16. The predicted molar refractivity (Wildman–Crippen MR) is 63.9 cm³/mol. The van der Waals surface area contributed by atoms with Gasteiger partial charge in [0, 0.05) is 11.6 Å². The molecule has 0 saturated heterocycles. The molecule has 0 aliphatic carbocycles. The topological polar surface area (TPSA) is 46.2 Å². The maximum absolute atomic E-state index is 9.74. The quantitative estimate of drug-likeness (QED) is 0.728. The number of aromatic hydroxyl groups is 1. The van der Waals surface area contributed by atoms with Crippen LogP contribution in [0.25, 0.3) is 0 Å². The molecular formula is C13H21NO. The normalized spacial score (nSPS) is 12.7. The lowest BCUT2D eigenvalue weighted by Crippen LogP contribution is -2.10. The van der Waals surface area contributed by atoms with Crippen LogP contribution < -0.4 is 5.73 Å². The highest BCUT2D eigenvalue weighted by Crippen LogP contribution is 2.26. The van der Waals surface area contributed by atoms with Gasteiger partial charge in [0.15, 0.2) is 0 Å². The molecule has 0 unspecified atom stereocenters. The summed E-state index contributed by atoms with van der Waals surface area (Å²) in [4.78, 5) is 0. The summed E-state index contributed by atoms with van der Waals surface area (Å²) in [5, 5.41) is 9.74. The zero-order valence-corrected chi connectivity index (χ0v) is 9.66. The molecule has 1 rings (SSSR count). The third-order valence-corrected chi connectivity index (χ3v) is 2.70. The molecule has 0 aromatic heterocycles. The van der Waals surface area contributed by atoms with Gasteiger partial charge in [-0.25, -0.2) is 0 Å². The van der Waals surface area contributed by atoms with Gasteiger partial charge in [-0.1, -0.05) is 38.3 Å². The van der Waals surface area contributed by atoms with Crippen molar-refractivity contribution in [2.75, 3.05) is 0 Å². The van der Waals surface area contributed by atoms with Crippen LogP contribution in [0, 0.1) is 6.92 Å². The van der Waals surface area contributed by atoms with E-state index >= 15 is 0 Å². The van der Waals surface area contributed by atoms with Crippen molar-refractivity contribution >= 4 is 0 Å². The molecule has 0 aliphatic rings. The lowest BCUT2D eigenvalue weighted by Gasteiger charge is -2.13. The van der Waals surface area contributed by atoms with E-state index in [9.17, 15) is 5.11 Å². The molecule has 1 atom stereocenters. The SMILES string of the molecule is CCCCC[C@H](N)c1ccc(C)cc1O. The Kier molecular flexibility index (Phi) is 4.63. The molecule has 0 bridgehead atoms. The number of hydrogen-bond donors (Lipinski definition) is 2. The highest BCUT2D eigenvalue weighted by molar-refractivity contribution is 5.37. The number of phenols is 1. The van der Waals surface area contributed by atoms with Crippen molar-refractivity contribution in [1.29, 1.82) is 0 Å². The zero-order chi connectivity index (χ0) is 11.3. The molecule has 0 fully saturated rings. The van der Waals surface area contributed by atoms with Crippen LogP contribution in [-0.2, 0) is 0 Å². The monoisotopic (exact) mass is 207 g/mol. The average molecular weight is 207 g/mol. The third-order valence-electron chi connectivity index (χ3n) is 2.70. The van der Waals surface area contributed by atoms with Crippen molar-refractivity contribution in [3.8, 4) is 5.75 Å². The summed E-state index contributed by atoms with van der Waals surface area (Å²) >= 11 is 0. The molecule has 84 valence electrons. The maximum atomic E-state index is 9.74. The lowest BCUT2D eigenvalue weighted by atomic mass is 9.99. The van der Waals surface area contributed by atoms with Crippen molar-refractivity contribution in [1.82, 2.24) is 0 Å². The number of aryl methyl sites for hydroxylation is 1. The number of unbranched alkanes of at least 4 members (excludes halogenated alkanes) is 2. The van der Waals surface area contributed by atoms with Gasteiger partial charge in [0.2, 0.25) is 0 Å². The van der Waals surface area contributed by atoms with Crippen molar-refractivity contribution < 1.29 is 5.11 Å². The molecule has 0 heterocycles. The molecular weight excluding hydrogens is 186 g/mol. The number of phenolic OH excluding ortho intramolecular Hbond substituents is 1. The fraction of sp³-hybridized carbons (Fsp3) is 0.538. The summed E-state index contributed by atoms with van der Waals surface area (Å²) < 4.78 is 0. The summed E-state index contributed by atoms with van der Waals surface area (Å²) in [5.41, 5.74) is 7.97. The van der Waals surface area contributed by atoms with Crippen LogP contribution in [-0.4, -0.2) is 5.11 Å². The predicted octanol–water partition coefficient (Wildman–Crippen LogP) is 3.28. The minimum Gasteiger partial charge on any atom is -0.508 e. The fourth-order valence-electron chi connectivity index (χ4n) is 1.74. The van der Waals surface area contributed by atoms with E-state index in [1.54, 1.807) is 6.07 Å². The van der Waals surface area contributed by atoms with E-state index in [-0.39, 0.29) is 6.04 Å². The molecule has 0 spiro atoms. The van der Waals surface area contributed by atoms with Gasteiger partial charge in [-0.3, -0.25) is 0 Å². The summed E-state index contributed by atoms with van der Waals surface area (Å²) in [7, 11) is 0. The Labute approximate surface area is 92.1 Å². The molecule has 0 saturated carbocycles. The van der Waals surface area contributed by atoms with Crippen LogP contribution in [0.5, 0.6) is 5.75 Å². The number of rotatable bonds is 5. The molecule has 0 amide bonds. The van der Waals surface area contributed by atoms with Crippen LogP contribution in [0.15, 0.2) is 18.2 Å². The number of benzene rings is 1. The minimum atomic E-state index is -0.0304. The van der Waals surface area contributed by atoms with Crippen molar-refractivity contribution in [2.45, 2.75) is 45.6 Å². The van der Waals surface area contributed by atoms with E-state index in [1.807, 2.05) is 19.1 Å². The second-order valence-electron chi connectivity index (χ2n) is 4.16. The van der Waals surface area contributed by atoms with Gasteiger partial charge in [-0.05, 0) is 25.0 Å². The summed E-state index contributed by atoms with van der Waals surface area (Å²) in [5.74, 6) is 0.332. The smallest absolute Gasteiger partial charge is 0.120 e. The first-order valence-electron chi connectivity index (χ1n) is 5.70. The first kappa shape index (κ1) is 12.1. The Bertz CT molecular complexity index is 309. The van der Waals surface area contributed by atoms with Gasteiger partial charge in [-0.15, -0.1) is 0 Å². The molecule has 0 aliphatic heterocycles. The molecule has 2 nitrogen and oxygen atoms in total. The van der Waals surface area contributed by atoms with Crippen molar-refractivity contribution in [2.24, 2.45) is 5.73 Å². The fourth-order valence-corrected chi connectivity index (χ4v) is 1.74. The Morgan fingerprint density at radius 2 is 2.07 bits per heavy atom. The van der Waals surface area contributed by atoms with Gasteiger partial charge in [0.25, 0.3) is 0 Å². The molecule has 1 aromatic rings. The van der Waals surface area contributed by atoms with E-state index in [0.29, 0.717) is 5.75 Å². The molecule has 1 aromatic carbocycles. The average Bonchev–Trinajstić information content (AvgIpc) is 2.17. The van der Waals surface area contributed by atoms with Crippen molar-refractivity contribution in [3.63, 3.8) is 0 Å². The Morgan fingerprint density at radius 1 is 1.33 bits per heavy atom. The Balaban J connectivity index is 2.61. The van der Waals surface area contributed by atoms with Gasteiger partial charge < -0.3 is 10.8 Å². The molecule has 0 radical (unpaired) electrons. The first-order chi connectivity index (χ1) is 7.15. The summed E-state index contributed by atoms with van der Waals surface area (Å²) in [6.07, 6.45) is 4.49. The van der Waals surface area contributed by atoms with E-state index in [4.69, 9.17) is 5.73 Å². The van der Waals surface area contributed by atoms with E-state index in [2.05, 4.69) is 6.92 Å². The summed E-state index contributed by atoms with van der Waals surface area (Å²) in [6, 6.07) is 5.67. The van der Waals surface area contributed by atoms with Gasteiger partial charge in [0.1, 0.15) is 5.75 Å². The highest BCUT2D eigenvalue weighted by atomic mass is 16.3. The van der Waals surface area contributed by atoms with Gasteiger partial charge >= 0.3 is 0 Å². The van der Waals surface area contributed by atoms with Crippen molar-refractivity contribution in [3.05, 3.63) is 29.3 Å². The number of hydrogen-bond acceptors (Lipinski definition) is 2.